The molecule has 2 aromatic heterocycles. The van der Waals surface area contributed by atoms with Crippen LogP contribution in [0.15, 0.2) is 73.1 Å². The SMILES string of the molecule is O=C1Nc2ccc(C(=O)Nc3ccccc3)cc2C1=Cc1c[nH]c2ncccc12. The Hall–Kier alpha value is -4.19. The number of rotatable bonds is 3. The molecule has 6 heteroatoms. The van der Waals surface area contributed by atoms with Crippen LogP contribution in [-0.2, 0) is 4.79 Å². The Balaban J connectivity index is 1.52. The van der Waals surface area contributed by atoms with E-state index in [1.54, 1.807) is 24.4 Å². The zero-order valence-electron chi connectivity index (χ0n) is 15.3. The maximum Gasteiger partial charge on any atom is 0.256 e. The molecule has 3 heterocycles. The van der Waals surface area contributed by atoms with Crippen LogP contribution in [-0.4, -0.2) is 21.8 Å². The zero-order chi connectivity index (χ0) is 19.8. The van der Waals surface area contributed by atoms with Crippen molar-refractivity contribution in [3.05, 3.63) is 89.7 Å². The number of amides is 2. The number of pyridine rings is 1. The molecular weight excluding hydrogens is 364 g/mol. The highest BCUT2D eigenvalue weighted by atomic mass is 16.2. The monoisotopic (exact) mass is 380 g/mol. The second-order valence-electron chi connectivity index (χ2n) is 6.74. The smallest absolute Gasteiger partial charge is 0.256 e. The van der Waals surface area contributed by atoms with E-state index in [1.807, 2.05) is 54.7 Å². The number of carbonyl (C=O) groups is 2. The molecule has 2 amide bonds. The van der Waals surface area contributed by atoms with E-state index in [4.69, 9.17) is 0 Å². The van der Waals surface area contributed by atoms with Crippen LogP contribution in [0.1, 0.15) is 21.5 Å². The van der Waals surface area contributed by atoms with Crippen molar-refractivity contribution in [1.82, 2.24) is 9.97 Å². The van der Waals surface area contributed by atoms with Crippen molar-refractivity contribution in [3.63, 3.8) is 0 Å². The average Bonchev–Trinajstić information content (AvgIpc) is 3.29. The predicted molar refractivity (Wildman–Crippen MR) is 113 cm³/mol. The number of anilines is 2. The van der Waals surface area contributed by atoms with Gasteiger partial charge in [-0.05, 0) is 48.5 Å². The Morgan fingerprint density at radius 2 is 1.90 bits per heavy atom. The Kier molecular flexibility index (Phi) is 3.95. The molecule has 140 valence electrons. The number of hydrogen-bond acceptors (Lipinski definition) is 3. The molecule has 0 saturated heterocycles. The van der Waals surface area contributed by atoms with Crippen molar-refractivity contribution in [1.29, 1.82) is 0 Å². The molecule has 5 rings (SSSR count). The fourth-order valence-corrected chi connectivity index (χ4v) is 3.45. The summed E-state index contributed by atoms with van der Waals surface area (Å²) in [6.45, 7) is 0. The standard InChI is InChI=1S/C23H16N4O2/c28-22(26-16-5-2-1-3-6-16)14-8-9-20-18(11-14)19(23(29)27-20)12-15-13-25-21-17(15)7-4-10-24-21/h1-13H,(H,24,25)(H,26,28)(H,27,29). The minimum atomic E-state index is -0.228. The van der Waals surface area contributed by atoms with E-state index >= 15 is 0 Å². The van der Waals surface area contributed by atoms with Crippen molar-refractivity contribution in [2.75, 3.05) is 10.6 Å². The first kappa shape index (κ1) is 16.9. The summed E-state index contributed by atoms with van der Waals surface area (Å²) < 4.78 is 0. The normalized spacial score (nSPS) is 14.1. The number of para-hydroxylation sites is 1. The second-order valence-corrected chi connectivity index (χ2v) is 6.74. The minimum Gasteiger partial charge on any atom is -0.346 e. The van der Waals surface area contributed by atoms with Crippen LogP contribution in [0.4, 0.5) is 11.4 Å². The highest BCUT2D eigenvalue weighted by Gasteiger charge is 2.25. The topological polar surface area (TPSA) is 86.9 Å². The lowest BCUT2D eigenvalue weighted by Gasteiger charge is -2.07. The highest BCUT2D eigenvalue weighted by Crippen LogP contribution is 2.35. The molecule has 6 nitrogen and oxygen atoms in total. The zero-order valence-corrected chi connectivity index (χ0v) is 15.3. The van der Waals surface area contributed by atoms with Gasteiger partial charge in [-0.15, -0.1) is 0 Å². The Labute approximate surface area is 166 Å². The summed E-state index contributed by atoms with van der Waals surface area (Å²) in [5.74, 6) is -0.423. The van der Waals surface area contributed by atoms with Crippen molar-refractivity contribution >= 4 is 45.9 Å². The predicted octanol–water partition coefficient (Wildman–Crippen LogP) is 4.31. The first-order valence-corrected chi connectivity index (χ1v) is 9.15. The van der Waals surface area contributed by atoms with Gasteiger partial charge in [0.05, 0.1) is 0 Å². The van der Waals surface area contributed by atoms with Crippen molar-refractivity contribution < 1.29 is 9.59 Å². The molecule has 2 aromatic carbocycles. The summed E-state index contributed by atoms with van der Waals surface area (Å²) in [7, 11) is 0. The first-order valence-electron chi connectivity index (χ1n) is 9.15. The lowest BCUT2D eigenvalue weighted by molar-refractivity contribution is -0.110. The lowest BCUT2D eigenvalue weighted by atomic mass is 10.0. The summed E-state index contributed by atoms with van der Waals surface area (Å²) in [4.78, 5) is 32.6. The minimum absolute atomic E-state index is 0.196. The number of aromatic nitrogens is 2. The van der Waals surface area contributed by atoms with E-state index in [-0.39, 0.29) is 11.8 Å². The first-order chi connectivity index (χ1) is 14.2. The van der Waals surface area contributed by atoms with Crippen LogP contribution < -0.4 is 10.6 Å². The third-order valence-corrected chi connectivity index (χ3v) is 4.88. The maximum absolute atomic E-state index is 12.6. The van der Waals surface area contributed by atoms with E-state index in [0.29, 0.717) is 28.1 Å². The molecule has 0 atom stereocenters. The molecule has 1 aliphatic rings. The summed E-state index contributed by atoms with van der Waals surface area (Å²) in [6, 6.07) is 18.3. The number of nitrogens with zero attached hydrogens (tertiary/aromatic N) is 1. The van der Waals surface area contributed by atoms with E-state index in [2.05, 4.69) is 20.6 Å². The Morgan fingerprint density at radius 3 is 2.76 bits per heavy atom. The molecule has 1 aliphatic heterocycles. The summed E-state index contributed by atoms with van der Waals surface area (Å²) in [5, 5.41) is 6.66. The van der Waals surface area contributed by atoms with E-state index in [0.717, 1.165) is 16.6 Å². The number of carbonyl (C=O) groups excluding carboxylic acids is 2. The van der Waals surface area contributed by atoms with Gasteiger partial charge >= 0.3 is 0 Å². The molecular formula is C23H16N4O2. The van der Waals surface area contributed by atoms with E-state index < -0.39 is 0 Å². The molecule has 0 aliphatic carbocycles. The summed E-state index contributed by atoms with van der Waals surface area (Å²) in [5.41, 5.74) is 4.73. The molecule has 29 heavy (non-hydrogen) atoms. The van der Waals surface area contributed by atoms with Crippen LogP contribution in [0.5, 0.6) is 0 Å². The number of H-pyrrole nitrogens is 1. The fraction of sp³-hybridized carbons (Fsp3) is 0. The van der Waals surface area contributed by atoms with Crippen molar-refractivity contribution in [2.45, 2.75) is 0 Å². The molecule has 0 fully saturated rings. The van der Waals surface area contributed by atoms with Crippen molar-refractivity contribution in [3.8, 4) is 0 Å². The number of hydrogen-bond donors (Lipinski definition) is 3. The van der Waals surface area contributed by atoms with Crippen LogP contribution in [0.2, 0.25) is 0 Å². The number of nitrogens with one attached hydrogen (secondary N) is 3. The van der Waals surface area contributed by atoms with Crippen molar-refractivity contribution in [2.24, 2.45) is 0 Å². The van der Waals surface area contributed by atoms with Gasteiger partial charge in [0.2, 0.25) is 0 Å². The van der Waals surface area contributed by atoms with Gasteiger partial charge in [-0.2, -0.15) is 0 Å². The summed E-state index contributed by atoms with van der Waals surface area (Å²) >= 11 is 0. The van der Waals surface area contributed by atoms with Crippen LogP contribution in [0, 0.1) is 0 Å². The molecule has 0 spiro atoms. The largest absolute Gasteiger partial charge is 0.346 e. The van der Waals surface area contributed by atoms with E-state index in [9.17, 15) is 9.59 Å². The quantitative estimate of drug-likeness (QED) is 0.463. The van der Waals surface area contributed by atoms with Gasteiger partial charge < -0.3 is 15.6 Å². The van der Waals surface area contributed by atoms with Gasteiger partial charge in [0.1, 0.15) is 5.65 Å². The van der Waals surface area contributed by atoms with Gasteiger partial charge in [-0.25, -0.2) is 4.98 Å². The molecule has 3 N–H and O–H groups in total. The molecule has 0 bridgehead atoms. The molecule has 0 unspecified atom stereocenters. The molecule has 0 saturated carbocycles. The lowest BCUT2D eigenvalue weighted by Crippen LogP contribution is -2.11. The van der Waals surface area contributed by atoms with Gasteiger partial charge in [0.25, 0.3) is 11.8 Å². The van der Waals surface area contributed by atoms with Gasteiger partial charge in [0.15, 0.2) is 0 Å². The highest BCUT2D eigenvalue weighted by molar-refractivity contribution is 6.35. The Bertz CT molecular complexity index is 1290. The van der Waals surface area contributed by atoms with Crippen LogP contribution in [0.3, 0.4) is 0 Å². The summed E-state index contributed by atoms with van der Waals surface area (Å²) in [6.07, 6.45) is 5.35. The average molecular weight is 380 g/mol. The molecule has 4 aromatic rings. The van der Waals surface area contributed by atoms with Gasteiger partial charge in [-0.1, -0.05) is 18.2 Å². The van der Waals surface area contributed by atoms with Gasteiger partial charge in [-0.3, -0.25) is 9.59 Å². The van der Waals surface area contributed by atoms with Crippen LogP contribution >= 0.6 is 0 Å². The fourth-order valence-electron chi connectivity index (χ4n) is 3.45. The van der Waals surface area contributed by atoms with Crippen LogP contribution in [0.25, 0.3) is 22.7 Å². The van der Waals surface area contributed by atoms with E-state index in [1.165, 1.54) is 0 Å². The Morgan fingerprint density at radius 1 is 1.03 bits per heavy atom. The number of fused-ring (bicyclic) bond motifs is 2. The number of aromatic amines is 1. The van der Waals surface area contributed by atoms with Gasteiger partial charge in [0, 0.05) is 51.4 Å². The molecule has 0 radical (unpaired) electrons. The number of benzene rings is 2. The third-order valence-electron chi connectivity index (χ3n) is 4.88. The third kappa shape index (κ3) is 3.06. The second kappa shape index (κ2) is 6.76. The maximum atomic E-state index is 12.6.